The summed E-state index contributed by atoms with van der Waals surface area (Å²) in [4.78, 5) is 28.9. The van der Waals surface area contributed by atoms with Gasteiger partial charge in [0.15, 0.2) is 0 Å². The van der Waals surface area contributed by atoms with Crippen LogP contribution >= 0.6 is 0 Å². The molecule has 7 nitrogen and oxygen atoms in total. The quantitative estimate of drug-likeness (QED) is 0.836. The molecular formula is C18H18F3N3O4. The van der Waals surface area contributed by atoms with Crippen molar-refractivity contribution in [3.63, 3.8) is 0 Å². The predicted molar refractivity (Wildman–Crippen MR) is 91.5 cm³/mol. The number of ether oxygens (including phenoxy) is 2. The number of nitrogens with one attached hydrogen (secondary N) is 1. The highest BCUT2D eigenvalue weighted by Crippen LogP contribution is 2.24. The summed E-state index contributed by atoms with van der Waals surface area (Å²) in [5, 5.41) is 2.70. The second-order valence-electron chi connectivity index (χ2n) is 6.31. The molecule has 1 aromatic carbocycles. The molecule has 0 bridgehead atoms. The minimum atomic E-state index is -4.76. The smallest absolute Gasteiger partial charge is 0.406 e. The summed E-state index contributed by atoms with van der Waals surface area (Å²) in [7, 11) is 0. The second kappa shape index (κ2) is 8.01. The van der Waals surface area contributed by atoms with E-state index in [1.807, 2.05) is 0 Å². The second-order valence-corrected chi connectivity index (χ2v) is 6.31. The van der Waals surface area contributed by atoms with Crippen molar-refractivity contribution in [2.75, 3.05) is 6.61 Å². The van der Waals surface area contributed by atoms with Crippen molar-refractivity contribution < 1.29 is 27.4 Å². The summed E-state index contributed by atoms with van der Waals surface area (Å²) in [5.74, 6) is -0.771. The van der Waals surface area contributed by atoms with Crippen LogP contribution in [0.4, 0.5) is 13.2 Å². The zero-order valence-electron chi connectivity index (χ0n) is 15.0. The first-order valence-corrected chi connectivity index (χ1v) is 8.53. The summed E-state index contributed by atoms with van der Waals surface area (Å²) < 4.78 is 46.9. The van der Waals surface area contributed by atoms with E-state index in [0.29, 0.717) is 29.8 Å². The third kappa shape index (κ3) is 4.89. The molecule has 0 radical (unpaired) electrons. The number of halogens is 3. The predicted octanol–water partition coefficient (Wildman–Crippen LogP) is 2.09. The van der Waals surface area contributed by atoms with Gasteiger partial charge in [-0.15, -0.1) is 13.2 Å². The van der Waals surface area contributed by atoms with Gasteiger partial charge < -0.3 is 14.8 Å². The molecule has 1 unspecified atom stereocenters. The Hall–Kier alpha value is -2.88. The lowest BCUT2D eigenvalue weighted by atomic mass is 10.1. The van der Waals surface area contributed by atoms with Gasteiger partial charge in [0.25, 0.3) is 5.56 Å². The molecule has 1 aliphatic heterocycles. The number of aromatic nitrogens is 2. The number of nitrogens with zero attached hydrogens (tertiary/aromatic N) is 2. The van der Waals surface area contributed by atoms with E-state index >= 15 is 0 Å². The van der Waals surface area contributed by atoms with Gasteiger partial charge in [0.2, 0.25) is 5.91 Å². The highest BCUT2D eigenvalue weighted by atomic mass is 19.4. The molecule has 1 amide bonds. The van der Waals surface area contributed by atoms with Crippen molar-refractivity contribution in [3.8, 4) is 5.75 Å². The summed E-state index contributed by atoms with van der Waals surface area (Å²) in [5.41, 5.74) is 1.41. The number of benzene rings is 1. The maximum Gasteiger partial charge on any atom is 0.573 e. The molecule has 0 saturated heterocycles. The maximum atomic E-state index is 12.4. The van der Waals surface area contributed by atoms with E-state index < -0.39 is 18.3 Å². The zero-order valence-corrected chi connectivity index (χ0v) is 15.0. The molecule has 0 fully saturated rings. The van der Waals surface area contributed by atoms with E-state index in [0.717, 1.165) is 0 Å². The Kier molecular flexibility index (Phi) is 5.68. The van der Waals surface area contributed by atoms with Crippen LogP contribution in [0, 0.1) is 0 Å². The van der Waals surface area contributed by atoms with E-state index in [2.05, 4.69) is 15.0 Å². The Bertz CT molecular complexity index is 910. The standard InChI is InChI=1S/C18H18F3N3O4/c1-11(12-2-4-13(5-3-12)28-18(19,20)21)23-16(25)8-24-10-22-15-6-7-27-9-14(15)17(24)26/h2-5,10-11H,6-9H2,1H3,(H,23,25). The Morgan fingerprint density at radius 3 is 2.75 bits per heavy atom. The van der Waals surface area contributed by atoms with Gasteiger partial charge in [0.05, 0.1) is 36.8 Å². The molecule has 2 heterocycles. The first-order chi connectivity index (χ1) is 13.2. The van der Waals surface area contributed by atoms with Crippen LogP contribution in [0.3, 0.4) is 0 Å². The molecule has 3 rings (SSSR count). The van der Waals surface area contributed by atoms with Gasteiger partial charge in [-0.1, -0.05) is 12.1 Å². The number of carbonyl (C=O) groups excluding carboxylic acids is 1. The number of carbonyl (C=O) groups is 1. The Balaban J connectivity index is 1.62. The number of hydrogen-bond donors (Lipinski definition) is 1. The molecule has 10 heteroatoms. The highest BCUT2D eigenvalue weighted by Gasteiger charge is 2.31. The molecule has 0 spiro atoms. The van der Waals surface area contributed by atoms with E-state index in [4.69, 9.17) is 4.74 Å². The molecule has 0 saturated carbocycles. The number of amides is 1. The maximum absolute atomic E-state index is 12.4. The zero-order chi connectivity index (χ0) is 20.3. The number of alkyl halides is 3. The van der Waals surface area contributed by atoms with Crippen molar-refractivity contribution in [2.24, 2.45) is 0 Å². The lowest BCUT2D eigenvalue weighted by molar-refractivity contribution is -0.274. The van der Waals surface area contributed by atoms with Crippen molar-refractivity contribution in [1.29, 1.82) is 0 Å². The minimum Gasteiger partial charge on any atom is -0.406 e. The third-order valence-electron chi connectivity index (χ3n) is 4.26. The molecule has 0 aliphatic carbocycles. The minimum absolute atomic E-state index is 0.173. The van der Waals surface area contributed by atoms with Crippen LogP contribution in [0.25, 0.3) is 0 Å². The van der Waals surface area contributed by atoms with Crippen molar-refractivity contribution in [1.82, 2.24) is 14.9 Å². The van der Waals surface area contributed by atoms with Gasteiger partial charge in [-0.2, -0.15) is 0 Å². The molecule has 1 atom stereocenters. The van der Waals surface area contributed by atoms with Crippen LogP contribution in [-0.4, -0.2) is 28.4 Å². The SMILES string of the molecule is CC(NC(=O)Cn1cnc2c(c1=O)COCC2)c1ccc(OC(F)(F)F)cc1. The van der Waals surface area contributed by atoms with E-state index in [9.17, 15) is 22.8 Å². The van der Waals surface area contributed by atoms with Gasteiger partial charge in [0.1, 0.15) is 12.3 Å². The molecule has 1 N–H and O–H groups in total. The van der Waals surface area contributed by atoms with Crippen molar-refractivity contribution in [3.05, 3.63) is 57.8 Å². The number of hydrogen-bond acceptors (Lipinski definition) is 5. The van der Waals surface area contributed by atoms with E-state index in [1.54, 1.807) is 6.92 Å². The fourth-order valence-electron chi connectivity index (χ4n) is 2.87. The monoisotopic (exact) mass is 397 g/mol. The van der Waals surface area contributed by atoms with E-state index in [1.165, 1.54) is 35.2 Å². The van der Waals surface area contributed by atoms with Crippen LogP contribution in [0.2, 0.25) is 0 Å². The van der Waals surface area contributed by atoms with Gasteiger partial charge >= 0.3 is 6.36 Å². The third-order valence-corrected chi connectivity index (χ3v) is 4.26. The molecule has 1 aromatic heterocycles. The van der Waals surface area contributed by atoms with Crippen LogP contribution in [0.5, 0.6) is 5.75 Å². The van der Waals surface area contributed by atoms with Crippen LogP contribution in [0.15, 0.2) is 35.4 Å². The van der Waals surface area contributed by atoms with Crippen molar-refractivity contribution in [2.45, 2.75) is 38.9 Å². The van der Waals surface area contributed by atoms with Crippen LogP contribution in [-0.2, 0) is 29.1 Å². The van der Waals surface area contributed by atoms with Crippen LogP contribution in [0.1, 0.15) is 29.8 Å². The Labute approximate surface area is 158 Å². The Morgan fingerprint density at radius 2 is 2.07 bits per heavy atom. The molecular weight excluding hydrogens is 379 g/mol. The van der Waals surface area contributed by atoms with Crippen molar-refractivity contribution >= 4 is 5.91 Å². The summed E-state index contributed by atoms with van der Waals surface area (Å²) >= 11 is 0. The topological polar surface area (TPSA) is 82.5 Å². The largest absolute Gasteiger partial charge is 0.573 e. The van der Waals surface area contributed by atoms with Gasteiger partial charge in [-0.25, -0.2) is 4.98 Å². The number of rotatable bonds is 5. The van der Waals surface area contributed by atoms with Gasteiger partial charge in [0, 0.05) is 6.42 Å². The summed E-state index contributed by atoms with van der Waals surface area (Å²) in [6.07, 6.45) is -2.87. The molecule has 150 valence electrons. The van der Waals surface area contributed by atoms with Gasteiger partial charge in [-0.3, -0.25) is 14.2 Å². The van der Waals surface area contributed by atoms with E-state index in [-0.39, 0.29) is 24.5 Å². The highest BCUT2D eigenvalue weighted by molar-refractivity contribution is 5.76. The summed E-state index contributed by atoms with van der Waals surface area (Å²) in [6, 6.07) is 4.72. The number of fused-ring (bicyclic) bond motifs is 1. The fraction of sp³-hybridized carbons (Fsp3) is 0.389. The average molecular weight is 397 g/mol. The molecule has 1 aliphatic rings. The first-order valence-electron chi connectivity index (χ1n) is 8.53. The molecule has 2 aromatic rings. The lowest BCUT2D eigenvalue weighted by Gasteiger charge is -2.18. The molecule has 28 heavy (non-hydrogen) atoms. The average Bonchev–Trinajstić information content (AvgIpc) is 2.63. The van der Waals surface area contributed by atoms with Gasteiger partial charge in [-0.05, 0) is 24.6 Å². The normalized spacial score (nSPS) is 14.9. The first kappa shape index (κ1) is 19.9. The van der Waals surface area contributed by atoms with Crippen LogP contribution < -0.4 is 15.6 Å². The lowest BCUT2D eigenvalue weighted by Crippen LogP contribution is -2.36. The summed E-state index contributed by atoms with van der Waals surface area (Å²) in [6.45, 7) is 2.14. The Morgan fingerprint density at radius 1 is 1.36 bits per heavy atom. The fourth-order valence-corrected chi connectivity index (χ4v) is 2.87.